The second kappa shape index (κ2) is 11.6. The molecular weight excluding hydrogens is 488 g/mol. The molecule has 4 rings (SSSR count). The lowest BCUT2D eigenvalue weighted by atomic mass is 9.76. The summed E-state index contributed by atoms with van der Waals surface area (Å²) in [5.74, 6) is -2.22. The molecule has 38 heavy (non-hydrogen) atoms. The van der Waals surface area contributed by atoms with Crippen molar-refractivity contribution in [3.63, 3.8) is 0 Å². The largest absolute Gasteiger partial charge is 0.462 e. The number of hydrogen-bond donors (Lipinski definition) is 1. The van der Waals surface area contributed by atoms with Crippen LogP contribution in [-0.2, 0) is 23.9 Å². The molecule has 0 unspecified atom stereocenters. The van der Waals surface area contributed by atoms with Crippen molar-refractivity contribution in [3.05, 3.63) is 59.7 Å². The molecule has 2 aliphatic rings. The molecule has 1 aliphatic heterocycles. The highest BCUT2D eigenvalue weighted by molar-refractivity contribution is 6.22. The number of benzene rings is 2. The number of hydrogen-bond acceptors (Lipinski definition) is 7. The van der Waals surface area contributed by atoms with Crippen LogP contribution in [0.15, 0.2) is 48.5 Å². The van der Waals surface area contributed by atoms with Gasteiger partial charge in [-0.3, -0.25) is 19.3 Å². The summed E-state index contributed by atoms with van der Waals surface area (Å²) in [7, 11) is 0. The van der Waals surface area contributed by atoms with Crippen LogP contribution < -0.4 is 10.2 Å². The molecule has 0 bridgehead atoms. The Hall–Kier alpha value is -4.01. The van der Waals surface area contributed by atoms with E-state index in [0.29, 0.717) is 42.3 Å². The van der Waals surface area contributed by atoms with Gasteiger partial charge in [-0.25, -0.2) is 9.59 Å². The summed E-state index contributed by atoms with van der Waals surface area (Å²) in [5.41, 5.74) is 1.24. The lowest BCUT2D eigenvalue weighted by molar-refractivity contribution is -0.122. The Morgan fingerprint density at radius 1 is 0.921 bits per heavy atom. The van der Waals surface area contributed by atoms with Crippen LogP contribution in [0.3, 0.4) is 0 Å². The number of carbonyl (C=O) groups excluding carboxylic acids is 5. The molecule has 0 radical (unpaired) electrons. The zero-order chi connectivity index (χ0) is 27.4. The maximum atomic E-state index is 13.0. The third kappa shape index (κ3) is 6.10. The fraction of sp³-hybridized carbons (Fsp3) is 0.414. The topological polar surface area (TPSA) is 119 Å². The number of nitrogens with one attached hydrogen (secondary N) is 1. The number of anilines is 2. The molecule has 1 heterocycles. The Balaban J connectivity index is 1.32. The van der Waals surface area contributed by atoms with Crippen molar-refractivity contribution in [3.8, 4) is 0 Å². The maximum Gasteiger partial charge on any atom is 0.338 e. The van der Waals surface area contributed by atoms with E-state index in [4.69, 9.17) is 9.47 Å². The Kier molecular flexibility index (Phi) is 8.24. The van der Waals surface area contributed by atoms with Gasteiger partial charge in [-0.2, -0.15) is 0 Å². The van der Waals surface area contributed by atoms with Gasteiger partial charge in [0.1, 0.15) is 0 Å². The van der Waals surface area contributed by atoms with Gasteiger partial charge in [0, 0.05) is 5.69 Å². The lowest BCUT2D eigenvalue weighted by Crippen LogP contribution is -2.31. The van der Waals surface area contributed by atoms with Crippen LogP contribution in [0.5, 0.6) is 0 Å². The van der Waals surface area contributed by atoms with Crippen molar-refractivity contribution in [1.29, 1.82) is 0 Å². The van der Waals surface area contributed by atoms with E-state index in [1.807, 2.05) is 13.8 Å². The molecular formula is C29H32N2O7. The molecule has 200 valence electrons. The van der Waals surface area contributed by atoms with E-state index in [1.54, 1.807) is 24.3 Å². The van der Waals surface area contributed by atoms with Gasteiger partial charge in [0.25, 0.3) is 5.91 Å². The average molecular weight is 521 g/mol. The summed E-state index contributed by atoms with van der Waals surface area (Å²) in [4.78, 5) is 64.1. The lowest BCUT2D eigenvalue weighted by Gasteiger charge is -2.25. The summed E-state index contributed by atoms with van der Waals surface area (Å²) in [5, 5.41) is 2.60. The molecule has 2 aromatic rings. The third-order valence-electron chi connectivity index (χ3n) is 6.81. The Morgan fingerprint density at radius 2 is 1.61 bits per heavy atom. The fourth-order valence-electron chi connectivity index (χ4n) is 4.84. The number of imide groups is 1. The van der Waals surface area contributed by atoms with Crippen molar-refractivity contribution in [1.82, 2.24) is 0 Å². The first kappa shape index (κ1) is 27.0. The number of esters is 2. The number of carbonyl (C=O) groups is 5. The highest BCUT2D eigenvalue weighted by atomic mass is 16.5. The molecule has 1 N–H and O–H groups in total. The van der Waals surface area contributed by atoms with Gasteiger partial charge in [0.05, 0.1) is 35.3 Å². The number of fused-ring (bicyclic) bond motifs is 1. The third-order valence-corrected chi connectivity index (χ3v) is 6.81. The maximum absolute atomic E-state index is 13.0. The minimum absolute atomic E-state index is 0.128. The molecule has 1 aliphatic carbocycles. The SMILES string of the molecule is CC(C)COC(=O)c1ccc(NC(=O)COC(=O)c2cccc(N3C(=O)[C@H]4C[C@@H](C)CC[C@H]4C3=O)c2)cc1. The molecule has 1 saturated heterocycles. The molecule has 9 nitrogen and oxygen atoms in total. The van der Waals surface area contributed by atoms with Crippen LogP contribution in [-0.4, -0.2) is 42.9 Å². The summed E-state index contributed by atoms with van der Waals surface area (Å²) >= 11 is 0. The Bertz CT molecular complexity index is 1240. The van der Waals surface area contributed by atoms with Crippen LogP contribution in [0.4, 0.5) is 11.4 Å². The van der Waals surface area contributed by atoms with Crippen LogP contribution in [0.1, 0.15) is 60.7 Å². The monoisotopic (exact) mass is 520 g/mol. The van der Waals surface area contributed by atoms with E-state index < -0.39 is 24.5 Å². The van der Waals surface area contributed by atoms with E-state index in [-0.39, 0.29) is 35.1 Å². The van der Waals surface area contributed by atoms with Gasteiger partial charge in [-0.1, -0.05) is 26.8 Å². The van der Waals surface area contributed by atoms with E-state index in [1.165, 1.54) is 29.2 Å². The van der Waals surface area contributed by atoms with Gasteiger partial charge in [0.2, 0.25) is 11.8 Å². The zero-order valence-corrected chi connectivity index (χ0v) is 21.8. The molecule has 3 atom stereocenters. The van der Waals surface area contributed by atoms with Gasteiger partial charge < -0.3 is 14.8 Å². The minimum Gasteiger partial charge on any atom is -0.462 e. The van der Waals surface area contributed by atoms with E-state index in [2.05, 4.69) is 12.2 Å². The van der Waals surface area contributed by atoms with Gasteiger partial charge in [0.15, 0.2) is 6.61 Å². The van der Waals surface area contributed by atoms with Gasteiger partial charge in [-0.15, -0.1) is 0 Å². The molecule has 2 aromatic carbocycles. The van der Waals surface area contributed by atoms with Gasteiger partial charge in [-0.05, 0) is 73.6 Å². The normalized spacial score (nSPS) is 20.7. The predicted octanol–water partition coefficient (Wildman–Crippen LogP) is 4.22. The van der Waals surface area contributed by atoms with Crippen molar-refractivity contribution in [2.75, 3.05) is 23.4 Å². The predicted molar refractivity (Wildman–Crippen MR) is 139 cm³/mol. The highest BCUT2D eigenvalue weighted by Gasteiger charge is 2.50. The highest BCUT2D eigenvalue weighted by Crippen LogP contribution is 2.42. The number of rotatable bonds is 8. The van der Waals surface area contributed by atoms with Gasteiger partial charge >= 0.3 is 11.9 Å². The summed E-state index contributed by atoms with van der Waals surface area (Å²) < 4.78 is 10.3. The Morgan fingerprint density at radius 3 is 2.32 bits per heavy atom. The number of ether oxygens (including phenoxy) is 2. The van der Waals surface area contributed by atoms with E-state index in [0.717, 1.165) is 6.42 Å². The van der Waals surface area contributed by atoms with Crippen LogP contribution in [0.2, 0.25) is 0 Å². The number of nitrogens with zero attached hydrogens (tertiary/aromatic N) is 1. The Labute approximate surface area is 221 Å². The molecule has 0 spiro atoms. The molecule has 9 heteroatoms. The first-order valence-electron chi connectivity index (χ1n) is 12.9. The quantitative estimate of drug-likeness (QED) is 0.409. The van der Waals surface area contributed by atoms with Crippen molar-refractivity contribution < 1.29 is 33.4 Å². The average Bonchev–Trinajstić information content (AvgIpc) is 3.15. The minimum atomic E-state index is -0.754. The number of amides is 3. The second-order valence-corrected chi connectivity index (χ2v) is 10.4. The second-order valence-electron chi connectivity index (χ2n) is 10.4. The van der Waals surface area contributed by atoms with Crippen molar-refractivity contribution in [2.24, 2.45) is 23.7 Å². The summed E-state index contributed by atoms with van der Waals surface area (Å²) in [6.07, 6.45) is 2.29. The molecule has 1 saturated carbocycles. The zero-order valence-electron chi connectivity index (χ0n) is 21.8. The first-order chi connectivity index (χ1) is 18.1. The molecule has 3 amide bonds. The van der Waals surface area contributed by atoms with Crippen molar-refractivity contribution in [2.45, 2.75) is 40.0 Å². The van der Waals surface area contributed by atoms with Crippen LogP contribution in [0.25, 0.3) is 0 Å². The van der Waals surface area contributed by atoms with E-state index >= 15 is 0 Å². The molecule has 2 fully saturated rings. The van der Waals surface area contributed by atoms with Crippen molar-refractivity contribution >= 4 is 41.0 Å². The fourth-order valence-corrected chi connectivity index (χ4v) is 4.84. The summed E-state index contributed by atoms with van der Waals surface area (Å²) in [6.45, 7) is 5.75. The van der Waals surface area contributed by atoms with Crippen LogP contribution >= 0.6 is 0 Å². The molecule has 0 aromatic heterocycles. The first-order valence-corrected chi connectivity index (χ1v) is 12.9. The van der Waals surface area contributed by atoms with Crippen LogP contribution in [0, 0.1) is 23.7 Å². The standard InChI is InChI=1S/C29H32N2O7/c1-17(2)15-37-28(35)19-8-10-21(11-9-19)30-25(32)16-38-29(36)20-5-4-6-22(14-20)31-26(33)23-12-7-18(3)13-24(23)27(31)34/h4-6,8-11,14,17-18,23-24H,7,12-13,15-16H2,1-3H3,(H,30,32)/t18-,23+,24-/m0/s1. The smallest absolute Gasteiger partial charge is 0.338 e. The summed E-state index contributed by atoms with van der Waals surface area (Å²) in [6, 6.07) is 12.3. The van der Waals surface area contributed by atoms with E-state index in [9.17, 15) is 24.0 Å².